The number of benzene rings is 1. The lowest BCUT2D eigenvalue weighted by Gasteiger charge is -2.25. The molecular formula is C26H34FN6O7P. The second kappa shape index (κ2) is 12.0. The molecule has 0 spiro atoms. The van der Waals surface area contributed by atoms with Crippen molar-refractivity contribution in [1.82, 2.24) is 24.6 Å². The van der Waals surface area contributed by atoms with E-state index in [-0.39, 0.29) is 5.75 Å². The second-order valence-electron chi connectivity index (χ2n) is 10.4. The van der Waals surface area contributed by atoms with Gasteiger partial charge in [0.25, 0.3) is 0 Å². The van der Waals surface area contributed by atoms with Crippen LogP contribution in [0.5, 0.6) is 5.75 Å². The summed E-state index contributed by atoms with van der Waals surface area (Å²) in [4.78, 5) is 25.6. The van der Waals surface area contributed by atoms with Gasteiger partial charge in [-0.2, -0.15) is 5.09 Å². The van der Waals surface area contributed by atoms with E-state index in [1.54, 1.807) is 51.1 Å². The molecular weight excluding hydrogens is 558 g/mol. The predicted octanol–water partition coefficient (Wildman–Crippen LogP) is 3.44. The van der Waals surface area contributed by atoms with Crippen molar-refractivity contribution in [2.24, 2.45) is 0 Å². The van der Waals surface area contributed by atoms with Crippen LogP contribution in [0.15, 0.2) is 36.7 Å². The monoisotopic (exact) mass is 592 g/mol. The molecule has 2 fully saturated rings. The van der Waals surface area contributed by atoms with Crippen molar-refractivity contribution >= 4 is 30.7 Å². The summed E-state index contributed by atoms with van der Waals surface area (Å²) in [5.74, 6) is 0.558. The summed E-state index contributed by atoms with van der Waals surface area (Å²) >= 11 is 0. The number of imidazole rings is 1. The molecule has 0 radical (unpaired) electrons. The first kappa shape index (κ1) is 29.3. The predicted molar refractivity (Wildman–Crippen MR) is 146 cm³/mol. The molecule has 6 atom stereocenters. The smallest absolute Gasteiger partial charge is 0.459 e. The van der Waals surface area contributed by atoms with Gasteiger partial charge in [0.1, 0.15) is 29.8 Å². The number of halogens is 1. The molecule has 222 valence electrons. The quantitative estimate of drug-likeness (QED) is 0.208. The van der Waals surface area contributed by atoms with Crippen molar-refractivity contribution in [3.8, 4) is 5.75 Å². The Morgan fingerprint density at radius 1 is 1.24 bits per heavy atom. The summed E-state index contributed by atoms with van der Waals surface area (Å²) in [5.41, 5.74) is 0.805. The van der Waals surface area contributed by atoms with Crippen molar-refractivity contribution in [3.63, 3.8) is 0 Å². The van der Waals surface area contributed by atoms with Crippen molar-refractivity contribution in [2.45, 2.75) is 83.3 Å². The van der Waals surface area contributed by atoms with Gasteiger partial charge in [0.05, 0.1) is 19.0 Å². The highest BCUT2D eigenvalue weighted by atomic mass is 31.2. The fraction of sp³-hybridized carbons (Fsp3) is 0.538. The molecule has 1 aliphatic heterocycles. The molecule has 1 aromatic carbocycles. The number of aryl methyl sites for hydroxylation is 1. The van der Waals surface area contributed by atoms with E-state index in [0.29, 0.717) is 28.8 Å². The van der Waals surface area contributed by atoms with Gasteiger partial charge in [-0.1, -0.05) is 18.2 Å². The minimum absolute atomic E-state index is 0.206. The SMILES string of the molecule is Cc1nc(NC2CC2)c2ncn([C@@H]3O[C@H](CO[P@@](=O)(N[C@H](C)C(=O)OC(C)C)Oc4ccccc4)[C@@H](O)[C@H]3F)c2n1. The average Bonchev–Trinajstić information content (AvgIpc) is 3.57. The molecule has 1 saturated heterocycles. The summed E-state index contributed by atoms with van der Waals surface area (Å²) in [7, 11) is -4.25. The fourth-order valence-electron chi connectivity index (χ4n) is 4.30. The topological polar surface area (TPSA) is 159 Å². The number of carbonyl (C=O) groups excluding carboxylic acids is 1. The van der Waals surface area contributed by atoms with E-state index in [1.165, 1.54) is 17.8 Å². The number of esters is 1. The number of hydrogen-bond acceptors (Lipinski definition) is 11. The minimum atomic E-state index is -4.25. The van der Waals surface area contributed by atoms with E-state index in [9.17, 15) is 14.5 Å². The second-order valence-corrected chi connectivity index (χ2v) is 12.1. The Hall–Kier alpha value is -3.16. The van der Waals surface area contributed by atoms with Gasteiger partial charge in [-0.3, -0.25) is 13.9 Å². The first-order chi connectivity index (χ1) is 19.5. The average molecular weight is 593 g/mol. The highest BCUT2D eigenvalue weighted by molar-refractivity contribution is 7.52. The Bertz CT molecular complexity index is 1420. The van der Waals surface area contributed by atoms with Crippen LogP contribution in [-0.4, -0.2) is 73.8 Å². The number of aliphatic hydroxyl groups is 1. The lowest BCUT2D eigenvalue weighted by Crippen LogP contribution is -2.37. The standard InChI is InChI=1S/C26H34FN6O7P/c1-14(2)38-26(35)15(3)32-41(36,40-18-8-6-5-7-9-18)37-12-19-22(34)20(27)25(39-19)33-13-28-21-23(31-17-10-11-17)29-16(4)30-24(21)33/h5-9,13-15,17,19-20,22,25,34H,10-12H2,1-4H3,(H,32,36)(H,29,30,31)/t15-,19-,20-,22-,25-,41+/m1/s1. The van der Waals surface area contributed by atoms with Gasteiger partial charge in [0.15, 0.2) is 29.4 Å². The number of para-hydroxylation sites is 1. The number of fused-ring (bicyclic) bond motifs is 1. The summed E-state index contributed by atoms with van der Waals surface area (Å²) in [6.07, 6.45) is -2.96. The van der Waals surface area contributed by atoms with Crippen LogP contribution in [0, 0.1) is 6.92 Å². The lowest BCUT2D eigenvalue weighted by atomic mass is 10.1. The Morgan fingerprint density at radius 3 is 2.66 bits per heavy atom. The van der Waals surface area contributed by atoms with Gasteiger partial charge < -0.3 is 24.4 Å². The third-order valence-electron chi connectivity index (χ3n) is 6.45. The van der Waals surface area contributed by atoms with Gasteiger partial charge in [-0.25, -0.2) is 23.9 Å². The Labute approximate surface area is 236 Å². The van der Waals surface area contributed by atoms with Crippen LogP contribution in [0.4, 0.5) is 10.2 Å². The molecule has 41 heavy (non-hydrogen) atoms. The van der Waals surface area contributed by atoms with Gasteiger partial charge in [0.2, 0.25) is 0 Å². The van der Waals surface area contributed by atoms with Crippen LogP contribution >= 0.6 is 7.75 Å². The summed E-state index contributed by atoms with van der Waals surface area (Å²) in [5, 5.41) is 16.6. The molecule has 13 nitrogen and oxygen atoms in total. The summed E-state index contributed by atoms with van der Waals surface area (Å²) in [6, 6.07) is 7.45. The number of ether oxygens (including phenoxy) is 2. The van der Waals surface area contributed by atoms with Crippen LogP contribution in [0.3, 0.4) is 0 Å². The zero-order chi connectivity index (χ0) is 29.3. The fourth-order valence-corrected chi connectivity index (χ4v) is 5.81. The molecule has 3 aromatic rings. The van der Waals surface area contributed by atoms with Gasteiger partial charge in [-0.15, -0.1) is 0 Å². The zero-order valence-electron chi connectivity index (χ0n) is 23.1. The van der Waals surface area contributed by atoms with Crippen LogP contribution in [-0.2, 0) is 23.4 Å². The number of rotatable bonds is 12. The van der Waals surface area contributed by atoms with E-state index in [1.807, 2.05) is 0 Å². The minimum Gasteiger partial charge on any atom is -0.462 e. The number of anilines is 1. The van der Waals surface area contributed by atoms with Crippen LogP contribution < -0.4 is 14.9 Å². The van der Waals surface area contributed by atoms with Crippen LogP contribution in [0.25, 0.3) is 11.2 Å². The largest absolute Gasteiger partial charge is 0.462 e. The number of aliphatic hydroxyl groups excluding tert-OH is 1. The molecule has 3 N–H and O–H groups in total. The molecule has 0 bridgehead atoms. The number of alkyl halides is 1. The maximum absolute atomic E-state index is 15.4. The number of aromatic nitrogens is 4. The Morgan fingerprint density at radius 2 is 1.98 bits per heavy atom. The van der Waals surface area contributed by atoms with E-state index < -0.39 is 57.1 Å². The van der Waals surface area contributed by atoms with Crippen molar-refractivity contribution in [1.29, 1.82) is 0 Å². The molecule has 5 rings (SSSR count). The maximum Gasteiger partial charge on any atom is 0.459 e. The Balaban J connectivity index is 1.32. The van der Waals surface area contributed by atoms with Crippen molar-refractivity contribution in [2.75, 3.05) is 11.9 Å². The third kappa shape index (κ3) is 6.84. The zero-order valence-corrected chi connectivity index (χ0v) is 24.0. The van der Waals surface area contributed by atoms with Crippen molar-refractivity contribution < 1.29 is 37.4 Å². The van der Waals surface area contributed by atoms with Gasteiger partial charge in [-0.05, 0) is 52.7 Å². The van der Waals surface area contributed by atoms with E-state index >= 15 is 4.39 Å². The molecule has 2 aromatic heterocycles. The first-order valence-electron chi connectivity index (χ1n) is 13.5. The van der Waals surface area contributed by atoms with Crippen LogP contribution in [0.2, 0.25) is 0 Å². The van der Waals surface area contributed by atoms with E-state index in [0.717, 1.165) is 12.8 Å². The van der Waals surface area contributed by atoms with Crippen molar-refractivity contribution in [3.05, 3.63) is 42.5 Å². The highest BCUT2D eigenvalue weighted by Crippen LogP contribution is 2.46. The highest BCUT2D eigenvalue weighted by Gasteiger charge is 2.47. The molecule has 0 amide bonds. The number of hydrogen-bond donors (Lipinski definition) is 3. The lowest BCUT2D eigenvalue weighted by molar-refractivity contribution is -0.149. The number of carbonyl (C=O) groups is 1. The van der Waals surface area contributed by atoms with Gasteiger partial charge >= 0.3 is 13.7 Å². The van der Waals surface area contributed by atoms with E-state index in [2.05, 4.69) is 25.4 Å². The molecule has 15 heteroatoms. The number of nitrogens with one attached hydrogen (secondary N) is 2. The molecule has 1 aliphatic carbocycles. The summed E-state index contributed by atoms with van der Waals surface area (Å²) < 4.78 is 52.8. The number of nitrogens with zero attached hydrogens (tertiary/aromatic N) is 4. The first-order valence-corrected chi connectivity index (χ1v) is 15.0. The third-order valence-corrected chi connectivity index (χ3v) is 8.10. The van der Waals surface area contributed by atoms with Gasteiger partial charge in [0, 0.05) is 6.04 Å². The molecule has 0 unspecified atom stereocenters. The van der Waals surface area contributed by atoms with E-state index in [4.69, 9.17) is 18.5 Å². The van der Waals surface area contributed by atoms with Crippen LogP contribution in [0.1, 0.15) is 45.7 Å². The molecule has 2 aliphatic rings. The normalized spacial score (nSPS) is 24.8. The molecule has 1 saturated carbocycles. The Kier molecular flexibility index (Phi) is 8.57. The molecule has 3 heterocycles. The summed E-state index contributed by atoms with van der Waals surface area (Å²) in [6.45, 7) is 6.02. The maximum atomic E-state index is 15.4.